The zero-order valence-corrected chi connectivity index (χ0v) is 27.4. The van der Waals surface area contributed by atoms with Crippen molar-refractivity contribution in [2.24, 2.45) is 0 Å². The topological polar surface area (TPSA) is 32.3 Å². The SMILES string of the molecule is c1ccc(N(c2ccccc2)c2cccc(-c3ccncc3-c3cnccc3-c3cccc(N(c4ccccc4)c4ccccc4)c3)c2)cc1. The van der Waals surface area contributed by atoms with E-state index in [2.05, 4.69) is 177 Å². The Morgan fingerprint density at radius 3 is 0.940 bits per heavy atom. The lowest BCUT2D eigenvalue weighted by atomic mass is 9.91. The first-order chi connectivity index (χ1) is 24.8. The monoisotopic (exact) mass is 642 g/mol. The summed E-state index contributed by atoms with van der Waals surface area (Å²) in [6.45, 7) is 0. The van der Waals surface area contributed by atoms with Gasteiger partial charge in [0.05, 0.1) is 0 Å². The molecular weight excluding hydrogens is 609 g/mol. The minimum absolute atomic E-state index is 1.02. The minimum Gasteiger partial charge on any atom is -0.310 e. The molecule has 4 nitrogen and oxygen atoms in total. The van der Waals surface area contributed by atoms with Crippen LogP contribution < -0.4 is 9.80 Å². The lowest BCUT2D eigenvalue weighted by molar-refractivity contribution is 1.27. The van der Waals surface area contributed by atoms with Gasteiger partial charge >= 0.3 is 0 Å². The third kappa shape index (κ3) is 6.26. The van der Waals surface area contributed by atoms with Gasteiger partial charge in [-0.05, 0) is 107 Å². The molecule has 0 aliphatic rings. The minimum atomic E-state index is 1.02. The summed E-state index contributed by atoms with van der Waals surface area (Å²) in [4.78, 5) is 13.8. The summed E-state index contributed by atoms with van der Waals surface area (Å²) in [5, 5.41) is 0. The lowest BCUT2D eigenvalue weighted by Crippen LogP contribution is -2.09. The third-order valence-electron chi connectivity index (χ3n) is 8.82. The van der Waals surface area contributed by atoms with Crippen molar-refractivity contribution in [3.8, 4) is 33.4 Å². The Morgan fingerprint density at radius 1 is 0.280 bits per heavy atom. The van der Waals surface area contributed by atoms with Crippen LogP contribution in [-0.2, 0) is 0 Å². The maximum Gasteiger partial charge on any atom is 0.0467 e. The Hall–Kier alpha value is -6.78. The molecule has 0 fully saturated rings. The number of hydrogen-bond donors (Lipinski definition) is 0. The van der Waals surface area contributed by atoms with Crippen LogP contribution in [0.1, 0.15) is 0 Å². The first-order valence-corrected chi connectivity index (χ1v) is 16.7. The van der Waals surface area contributed by atoms with Crippen molar-refractivity contribution in [2.75, 3.05) is 9.80 Å². The maximum absolute atomic E-state index is 4.61. The summed E-state index contributed by atoms with van der Waals surface area (Å²) < 4.78 is 0. The van der Waals surface area contributed by atoms with Gasteiger partial charge in [-0.1, -0.05) is 97.1 Å². The highest BCUT2D eigenvalue weighted by Gasteiger charge is 2.18. The Balaban J connectivity index is 1.22. The van der Waals surface area contributed by atoms with E-state index in [9.17, 15) is 0 Å². The van der Waals surface area contributed by atoms with E-state index >= 15 is 0 Å². The number of rotatable bonds is 9. The molecule has 238 valence electrons. The second-order valence-corrected chi connectivity index (χ2v) is 12.0. The fourth-order valence-corrected chi connectivity index (χ4v) is 6.55. The molecule has 0 unspecified atom stereocenters. The molecule has 0 aliphatic carbocycles. The molecule has 0 spiro atoms. The molecule has 0 saturated carbocycles. The van der Waals surface area contributed by atoms with Gasteiger partial charge in [0.2, 0.25) is 0 Å². The molecule has 0 amide bonds. The summed E-state index contributed by atoms with van der Waals surface area (Å²) in [5.74, 6) is 0. The average molecular weight is 643 g/mol. The molecule has 2 heterocycles. The molecular formula is C46H34N4. The van der Waals surface area contributed by atoms with Crippen molar-refractivity contribution in [2.45, 2.75) is 0 Å². The van der Waals surface area contributed by atoms with Gasteiger partial charge in [-0.3, -0.25) is 9.97 Å². The molecule has 0 radical (unpaired) electrons. The Morgan fingerprint density at radius 2 is 0.600 bits per heavy atom. The van der Waals surface area contributed by atoms with Crippen LogP contribution >= 0.6 is 0 Å². The van der Waals surface area contributed by atoms with Gasteiger partial charge in [-0.15, -0.1) is 0 Å². The van der Waals surface area contributed by atoms with E-state index < -0.39 is 0 Å². The second kappa shape index (κ2) is 14.1. The maximum atomic E-state index is 4.61. The quantitative estimate of drug-likeness (QED) is 0.157. The number of hydrogen-bond acceptors (Lipinski definition) is 4. The van der Waals surface area contributed by atoms with E-state index in [-0.39, 0.29) is 0 Å². The third-order valence-corrected chi connectivity index (χ3v) is 8.82. The van der Waals surface area contributed by atoms with Crippen molar-refractivity contribution < 1.29 is 0 Å². The van der Waals surface area contributed by atoms with E-state index in [1.54, 1.807) is 0 Å². The second-order valence-electron chi connectivity index (χ2n) is 12.0. The molecule has 0 bridgehead atoms. The zero-order chi connectivity index (χ0) is 33.5. The number of nitrogens with zero attached hydrogens (tertiary/aromatic N) is 4. The van der Waals surface area contributed by atoms with Crippen molar-refractivity contribution in [1.82, 2.24) is 9.97 Å². The average Bonchev–Trinajstić information content (AvgIpc) is 3.20. The number of aromatic nitrogens is 2. The van der Waals surface area contributed by atoms with Crippen LogP contribution in [0.15, 0.2) is 207 Å². The van der Waals surface area contributed by atoms with Crippen LogP contribution in [-0.4, -0.2) is 9.97 Å². The molecule has 0 atom stereocenters. The van der Waals surface area contributed by atoms with Crippen LogP contribution in [0.5, 0.6) is 0 Å². The van der Waals surface area contributed by atoms with Gasteiger partial charge in [0.25, 0.3) is 0 Å². The van der Waals surface area contributed by atoms with Crippen molar-refractivity contribution in [1.29, 1.82) is 0 Å². The number of pyridine rings is 2. The van der Waals surface area contributed by atoms with Gasteiger partial charge in [0.1, 0.15) is 0 Å². The van der Waals surface area contributed by atoms with E-state index in [1.807, 2.05) is 49.1 Å². The molecule has 0 N–H and O–H groups in total. The van der Waals surface area contributed by atoms with Crippen LogP contribution in [0.3, 0.4) is 0 Å². The van der Waals surface area contributed by atoms with Gasteiger partial charge < -0.3 is 9.80 Å². The zero-order valence-electron chi connectivity index (χ0n) is 27.4. The van der Waals surface area contributed by atoms with Gasteiger partial charge in [0, 0.05) is 70.0 Å². The van der Waals surface area contributed by atoms with Crippen LogP contribution in [0.25, 0.3) is 33.4 Å². The van der Waals surface area contributed by atoms with Crippen LogP contribution in [0.4, 0.5) is 34.1 Å². The van der Waals surface area contributed by atoms with Crippen molar-refractivity contribution in [3.05, 3.63) is 207 Å². The van der Waals surface area contributed by atoms with Gasteiger partial charge in [-0.25, -0.2) is 0 Å². The Bertz CT molecular complexity index is 2080. The summed E-state index contributed by atoms with van der Waals surface area (Å²) in [6.07, 6.45) is 7.65. The molecule has 0 saturated heterocycles. The summed E-state index contributed by atoms with van der Waals surface area (Å²) >= 11 is 0. The van der Waals surface area contributed by atoms with Crippen molar-refractivity contribution >= 4 is 34.1 Å². The molecule has 2 aromatic heterocycles. The largest absolute Gasteiger partial charge is 0.310 e. The number of benzene rings is 6. The normalized spacial score (nSPS) is 10.8. The van der Waals surface area contributed by atoms with Gasteiger partial charge in [0.15, 0.2) is 0 Å². The Kier molecular flexibility index (Phi) is 8.64. The fraction of sp³-hybridized carbons (Fsp3) is 0. The van der Waals surface area contributed by atoms with E-state index in [0.717, 1.165) is 67.5 Å². The fourth-order valence-electron chi connectivity index (χ4n) is 6.55. The van der Waals surface area contributed by atoms with E-state index in [0.29, 0.717) is 0 Å². The summed E-state index contributed by atoms with van der Waals surface area (Å²) in [5.41, 5.74) is 12.9. The highest BCUT2D eigenvalue weighted by atomic mass is 15.1. The number of para-hydroxylation sites is 4. The predicted octanol–water partition coefficient (Wildman–Crippen LogP) is 12.4. The van der Waals surface area contributed by atoms with Crippen LogP contribution in [0, 0.1) is 0 Å². The standard InChI is InChI=1S/C46H34N4/c1-5-17-37(18-6-1)49(38-19-7-2-8-20-38)41-25-13-15-35(31-41)43-27-29-47-33-45(43)46-34-48-30-28-44(46)36-16-14-26-42(32-36)50(39-21-9-3-10-22-39)40-23-11-4-12-24-40/h1-34H. The first kappa shape index (κ1) is 30.5. The number of anilines is 6. The summed E-state index contributed by atoms with van der Waals surface area (Å²) in [7, 11) is 0. The first-order valence-electron chi connectivity index (χ1n) is 16.7. The molecule has 4 heteroatoms. The Labute approximate surface area is 293 Å². The predicted molar refractivity (Wildman–Crippen MR) is 208 cm³/mol. The summed E-state index contributed by atoms with van der Waals surface area (Å²) in [6, 6.07) is 63.6. The smallest absolute Gasteiger partial charge is 0.0467 e. The molecule has 8 aromatic rings. The molecule has 50 heavy (non-hydrogen) atoms. The highest BCUT2D eigenvalue weighted by Crippen LogP contribution is 2.42. The molecule has 6 aromatic carbocycles. The molecule has 0 aliphatic heterocycles. The van der Waals surface area contributed by atoms with E-state index in [4.69, 9.17) is 0 Å². The highest BCUT2D eigenvalue weighted by molar-refractivity contribution is 5.93. The van der Waals surface area contributed by atoms with Crippen LogP contribution in [0.2, 0.25) is 0 Å². The van der Waals surface area contributed by atoms with Crippen molar-refractivity contribution in [3.63, 3.8) is 0 Å². The van der Waals surface area contributed by atoms with E-state index in [1.165, 1.54) is 0 Å². The lowest BCUT2D eigenvalue weighted by Gasteiger charge is -2.26. The molecule has 8 rings (SSSR count). The van der Waals surface area contributed by atoms with Gasteiger partial charge in [-0.2, -0.15) is 0 Å².